The van der Waals surface area contributed by atoms with Crippen LogP contribution in [0.2, 0.25) is 0 Å². The smallest absolute Gasteiger partial charge is 0.286 e. The summed E-state index contributed by atoms with van der Waals surface area (Å²) in [6.45, 7) is 1.99. The SMILES string of the molecule is C[C@@H](O)[C@H]1C(=O)N2C(C(=O)[O-])=C(c3ccc4c(c3)-c3cc(Cn5c[n+](N)cn5)ccc3C4=O)C[C@H]12. The molecule has 0 bridgehead atoms. The van der Waals surface area contributed by atoms with Gasteiger partial charge in [0, 0.05) is 16.2 Å². The molecule has 35 heavy (non-hydrogen) atoms. The maximum absolute atomic E-state index is 13.0. The van der Waals surface area contributed by atoms with Crippen molar-refractivity contribution in [3.63, 3.8) is 0 Å². The zero-order valence-corrected chi connectivity index (χ0v) is 18.7. The fourth-order valence-electron chi connectivity index (χ4n) is 5.53. The van der Waals surface area contributed by atoms with Crippen LogP contribution in [-0.2, 0) is 16.1 Å². The number of hydrogen-bond donors (Lipinski definition) is 2. The number of fused-ring (bicyclic) bond motifs is 4. The highest BCUT2D eigenvalue weighted by molar-refractivity contribution is 6.22. The molecule has 2 aromatic carbocycles. The molecular formula is C25H21N5O5. The Morgan fingerprint density at radius 3 is 2.57 bits per heavy atom. The van der Waals surface area contributed by atoms with Crippen LogP contribution in [0.1, 0.15) is 40.4 Å². The third-order valence-corrected chi connectivity index (χ3v) is 7.10. The summed E-state index contributed by atoms with van der Waals surface area (Å²) in [5, 5.41) is 26.2. The predicted molar refractivity (Wildman–Crippen MR) is 119 cm³/mol. The second kappa shape index (κ2) is 7.34. The molecule has 3 heterocycles. The molecule has 1 aromatic heterocycles. The van der Waals surface area contributed by atoms with Gasteiger partial charge in [-0.2, -0.15) is 0 Å². The number of nitrogens with two attached hydrogens (primary N) is 1. The Morgan fingerprint density at radius 2 is 1.91 bits per heavy atom. The molecule has 0 saturated carbocycles. The summed E-state index contributed by atoms with van der Waals surface area (Å²) in [5.41, 5.74) is 4.40. The summed E-state index contributed by atoms with van der Waals surface area (Å²) in [4.78, 5) is 38.8. The van der Waals surface area contributed by atoms with Gasteiger partial charge in [-0.25, -0.2) is 0 Å². The minimum atomic E-state index is -1.43. The molecule has 176 valence electrons. The van der Waals surface area contributed by atoms with Gasteiger partial charge in [0.25, 0.3) is 6.33 Å². The third kappa shape index (κ3) is 3.03. The van der Waals surface area contributed by atoms with Gasteiger partial charge >= 0.3 is 0 Å². The standard InChI is InChI=1S/C25H21N5O5/c1-12(31)21-20-8-17(22(25(34)35)30(20)24(21)33)14-3-5-16-19(7-14)18-6-13(2-4-15(18)23(16)32)9-29-11-28(26)10-27-29/h2-7,10-12,20-21,31H,8-9,26H2,1H3/t12-,20-,21-/m1/s1. The number of carboxylic acids is 1. The summed E-state index contributed by atoms with van der Waals surface area (Å²) in [5.74, 6) is 3.08. The number of amides is 1. The highest BCUT2D eigenvalue weighted by Crippen LogP contribution is 2.48. The monoisotopic (exact) mass is 471 g/mol. The van der Waals surface area contributed by atoms with Crippen molar-refractivity contribution in [3.8, 4) is 11.1 Å². The van der Waals surface area contributed by atoms with E-state index in [1.807, 2.05) is 12.1 Å². The van der Waals surface area contributed by atoms with E-state index < -0.39 is 29.9 Å². The van der Waals surface area contributed by atoms with Gasteiger partial charge in [0.2, 0.25) is 12.2 Å². The summed E-state index contributed by atoms with van der Waals surface area (Å²) in [6, 6.07) is 10.4. The molecule has 0 spiro atoms. The van der Waals surface area contributed by atoms with E-state index in [9.17, 15) is 24.6 Å². The number of aromatic nitrogens is 3. The Kier molecular flexibility index (Phi) is 4.46. The minimum Gasteiger partial charge on any atom is -0.543 e. The highest BCUT2D eigenvalue weighted by Gasteiger charge is 2.55. The number of aliphatic carboxylic acids is 1. The number of aliphatic hydroxyl groups is 1. The Morgan fingerprint density at radius 1 is 1.20 bits per heavy atom. The van der Waals surface area contributed by atoms with Crippen LogP contribution in [-0.4, -0.2) is 49.6 Å². The number of nitrogen functional groups attached to an aromatic ring is 1. The van der Waals surface area contributed by atoms with Crippen LogP contribution >= 0.6 is 0 Å². The average molecular weight is 471 g/mol. The summed E-state index contributed by atoms with van der Waals surface area (Å²) in [6.07, 6.45) is 2.54. The summed E-state index contributed by atoms with van der Waals surface area (Å²) in [7, 11) is 0. The normalized spacial score (nSPS) is 21.0. The molecule has 0 radical (unpaired) electrons. The lowest BCUT2D eigenvalue weighted by atomic mass is 9.82. The zero-order chi connectivity index (χ0) is 24.6. The maximum Gasteiger partial charge on any atom is 0.286 e. The van der Waals surface area contributed by atoms with Crippen LogP contribution in [0.4, 0.5) is 0 Å². The van der Waals surface area contributed by atoms with Crippen LogP contribution in [0.25, 0.3) is 16.7 Å². The van der Waals surface area contributed by atoms with Crippen molar-refractivity contribution in [2.45, 2.75) is 32.0 Å². The van der Waals surface area contributed by atoms with Gasteiger partial charge in [-0.1, -0.05) is 18.2 Å². The van der Waals surface area contributed by atoms with E-state index in [4.69, 9.17) is 5.84 Å². The highest BCUT2D eigenvalue weighted by atomic mass is 16.4. The fraction of sp³-hybridized carbons (Fsp3) is 0.240. The lowest BCUT2D eigenvalue weighted by molar-refractivity contribution is -0.639. The Labute approximate surface area is 199 Å². The largest absolute Gasteiger partial charge is 0.543 e. The molecule has 3 N–H and O–H groups in total. The number of carbonyl (C=O) groups excluding carboxylic acids is 3. The van der Waals surface area contributed by atoms with E-state index >= 15 is 0 Å². The van der Waals surface area contributed by atoms with Crippen LogP contribution in [0.15, 0.2) is 54.7 Å². The average Bonchev–Trinajstić information content (AvgIpc) is 3.46. The first-order valence-corrected chi connectivity index (χ1v) is 11.2. The van der Waals surface area contributed by atoms with Crippen molar-refractivity contribution in [2.75, 3.05) is 5.84 Å². The Hall–Kier alpha value is -4.31. The van der Waals surface area contributed by atoms with Crippen molar-refractivity contribution in [3.05, 3.63) is 77.0 Å². The van der Waals surface area contributed by atoms with E-state index in [2.05, 4.69) is 5.10 Å². The molecular weight excluding hydrogens is 450 g/mol. The molecule has 3 atom stereocenters. The Bertz CT molecular complexity index is 1490. The van der Waals surface area contributed by atoms with Gasteiger partial charge < -0.3 is 19.9 Å². The van der Waals surface area contributed by atoms with E-state index in [0.29, 0.717) is 40.8 Å². The van der Waals surface area contributed by atoms with Gasteiger partial charge in [0.05, 0.1) is 29.7 Å². The van der Waals surface area contributed by atoms with Crippen molar-refractivity contribution >= 4 is 23.2 Å². The Balaban J connectivity index is 1.41. The predicted octanol–water partition coefficient (Wildman–Crippen LogP) is -0.783. The van der Waals surface area contributed by atoms with Crippen LogP contribution in [0.5, 0.6) is 0 Å². The van der Waals surface area contributed by atoms with Crippen molar-refractivity contribution in [1.82, 2.24) is 14.7 Å². The number of ketones is 1. The summed E-state index contributed by atoms with van der Waals surface area (Å²) < 4.78 is 3.02. The first kappa shape index (κ1) is 21.2. The van der Waals surface area contributed by atoms with Crippen molar-refractivity contribution < 1.29 is 29.3 Å². The molecule has 1 saturated heterocycles. The number of aliphatic hydroxyl groups excluding tert-OH is 1. The molecule has 1 fully saturated rings. The minimum absolute atomic E-state index is 0.0966. The number of β-lactam (4-membered cyclic amide) rings is 1. The van der Waals surface area contributed by atoms with Gasteiger partial charge in [0.15, 0.2) is 5.78 Å². The lowest BCUT2D eigenvalue weighted by Gasteiger charge is -2.45. The van der Waals surface area contributed by atoms with Crippen LogP contribution in [0.3, 0.4) is 0 Å². The van der Waals surface area contributed by atoms with Crippen LogP contribution < -0.4 is 15.6 Å². The van der Waals surface area contributed by atoms with Gasteiger partial charge in [0.1, 0.15) is 6.54 Å². The molecule has 1 aliphatic carbocycles. The number of carbonyl (C=O) groups is 3. The zero-order valence-electron chi connectivity index (χ0n) is 18.7. The van der Waals surface area contributed by atoms with Gasteiger partial charge in [-0.05, 0) is 59.4 Å². The number of rotatable bonds is 5. The van der Waals surface area contributed by atoms with Crippen molar-refractivity contribution in [1.29, 1.82) is 0 Å². The molecule has 3 aromatic rings. The second-order valence-corrected chi connectivity index (χ2v) is 9.22. The van der Waals surface area contributed by atoms with E-state index in [1.54, 1.807) is 35.3 Å². The topological polar surface area (TPSA) is 145 Å². The lowest BCUT2D eigenvalue weighted by Crippen LogP contribution is -2.62. The third-order valence-electron chi connectivity index (χ3n) is 7.10. The number of benzene rings is 2. The number of hydrogen-bond acceptors (Lipinski definition) is 7. The fourth-order valence-corrected chi connectivity index (χ4v) is 5.53. The molecule has 6 rings (SSSR count). The number of nitrogens with zero attached hydrogens (tertiary/aromatic N) is 4. The van der Waals surface area contributed by atoms with E-state index in [1.165, 1.54) is 22.8 Å². The van der Waals surface area contributed by atoms with E-state index in [-0.39, 0.29) is 11.5 Å². The molecule has 2 aliphatic heterocycles. The first-order valence-electron chi connectivity index (χ1n) is 11.2. The molecule has 10 heteroatoms. The van der Waals surface area contributed by atoms with Crippen LogP contribution in [0, 0.1) is 5.92 Å². The molecule has 3 aliphatic rings. The molecule has 0 unspecified atom stereocenters. The molecule has 10 nitrogen and oxygen atoms in total. The first-order chi connectivity index (χ1) is 16.7. The second-order valence-electron chi connectivity index (χ2n) is 9.22. The van der Waals surface area contributed by atoms with Crippen molar-refractivity contribution in [2.24, 2.45) is 5.92 Å². The quantitative estimate of drug-likeness (QED) is 0.221. The summed E-state index contributed by atoms with van der Waals surface area (Å²) >= 11 is 0. The molecule has 1 amide bonds. The van der Waals surface area contributed by atoms with Gasteiger partial charge in [-0.3, -0.25) is 15.4 Å². The van der Waals surface area contributed by atoms with Gasteiger partial charge in [-0.15, -0.1) is 9.36 Å². The number of carboxylic acid groups (broad SMARTS) is 1. The maximum atomic E-state index is 13.0. The van der Waals surface area contributed by atoms with E-state index in [0.717, 1.165) is 11.1 Å².